The lowest BCUT2D eigenvalue weighted by Crippen LogP contribution is -2.40. The Kier molecular flexibility index (Phi) is 4.82. The number of rotatable bonds is 5. The van der Waals surface area contributed by atoms with Gasteiger partial charge in [0, 0.05) is 19.2 Å². The van der Waals surface area contributed by atoms with Crippen molar-refractivity contribution in [2.45, 2.75) is 19.3 Å². The topological polar surface area (TPSA) is 40.6 Å². The van der Waals surface area contributed by atoms with E-state index in [0.29, 0.717) is 12.2 Å². The van der Waals surface area contributed by atoms with Crippen LogP contribution < -0.4 is 4.31 Å². The average Bonchev–Trinajstić information content (AvgIpc) is 2.40. The van der Waals surface area contributed by atoms with Gasteiger partial charge in [0.25, 0.3) is 0 Å². The van der Waals surface area contributed by atoms with Gasteiger partial charge in [-0.05, 0) is 32.0 Å². The first-order chi connectivity index (χ1) is 9.07. The normalized spacial score (nSPS) is 17.3. The maximum absolute atomic E-state index is 11.9. The summed E-state index contributed by atoms with van der Waals surface area (Å²) in [4.78, 5) is 2.34. The number of nitrogens with zero attached hydrogens (tertiary/aromatic N) is 2. The fraction of sp³-hybridized carbons (Fsp3) is 0.571. The van der Waals surface area contributed by atoms with Crippen LogP contribution in [-0.2, 0) is 10.0 Å². The van der Waals surface area contributed by atoms with Crippen molar-refractivity contribution in [1.82, 2.24) is 4.90 Å². The molecule has 1 aliphatic heterocycles. The van der Waals surface area contributed by atoms with Crippen molar-refractivity contribution >= 4 is 15.7 Å². The minimum Gasteiger partial charge on any atom is -0.302 e. The molecule has 0 unspecified atom stereocenters. The lowest BCUT2D eigenvalue weighted by molar-refractivity contribution is 0.235. The van der Waals surface area contributed by atoms with Crippen molar-refractivity contribution < 1.29 is 8.42 Å². The number of anilines is 1. The largest absolute Gasteiger partial charge is 0.302 e. The summed E-state index contributed by atoms with van der Waals surface area (Å²) >= 11 is 0. The van der Waals surface area contributed by atoms with Crippen molar-refractivity contribution in [3.05, 3.63) is 30.3 Å². The zero-order valence-corrected chi connectivity index (χ0v) is 12.2. The van der Waals surface area contributed by atoms with Gasteiger partial charge >= 0.3 is 0 Å². The molecule has 1 fully saturated rings. The summed E-state index contributed by atoms with van der Waals surface area (Å²) in [6, 6.07) is 10.2. The molecule has 1 radical (unpaired) electrons. The summed E-state index contributed by atoms with van der Waals surface area (Å²) in [5.74, 6) is 0. The van der Waals surface area contributed by atoms with Crippen molar-refractivity contribution in [2.75, 3.05) is 36.7 Å². The third-order valence-electron chi connectivity index (χ3n) is 3.43. The van der Waals surface area contributed by atoms with Crippen LogP contribution in [0.4, 0.5) is 5.69 Å². The number of benzene rings is 1. The van der Waals surface area contributed by atoms with Crippen molar-refractivity contribution in [3.63, 3.8) is 0 Å². The number of hydrogen-bond donors (Lipinski definition) is 0. The molecular weight excluding hydrogens is 260 g/mol. The third-order valence-corrected chi connectivity index (χ3v) is 4.61. The van der Waals surface area contributed by atoms with E-state index in [2.05, 4.69) is 11.0 Å². The Hall–Kier alpha value is -1.07. The summed E-state index contributed by atoms with van der Waals surface area (Å²) in [6.45, 7) is 3.45. The lowest BCUT2D eigenvalue weighted by Gasteiger charge is -2.29. The molecular formula is C14H21N2O2S. The molecule has 0 aliphatic carbocycles. The van der Waals surface area contributed by atoms with Gasteiger partial charge in [-0.1, -0.05) is 24.6 Å². The Bertz CT molecular complexity index is 481. The van der Waals surface area contributed by atoms with Gasteiger partial charge in [0.1, 0.15) is 0 Å². The molecule has 19 heavy (non-hydrogen) atoms. The summed E-state index contributed by atoms with van der Waals surface area (Å²) in [5.41, 5.74) is 0.627. The highest BCUT2D eigenvalue weighted by atomic mass is 32.2. The van der Waals surface area contributed by atoms with Gasteiger partial charge in [-0.15, -0.1) is 0 Å². The van der Waals surface area contributed by atoms with Crippen molar-refractivity contribution in [1.29, 1.82) is 0 Å². The third kappa shape index (κ3) is 4.21. The molecule has 0 atom stereocenters. The highest BCUT2D eigenvalue weighted by Crippen LogP contribution is 2.16. The Morgan fingerprint density at radius 3 is 2.58 bits per heavy atom. The Balaban J connectivity index is 2.03. The standard InChI is InChI=1S/C14H21N2O2S/c1-19(17,18)16(14-8-4-2-5-9-14)13-12-15-10-6-3-7-11-15/h2,4-5,8H,3,6-7,10-13H2,1H3. The fourth-order valence-corrected chi connectivity index (χ4v) is 3.30. The molecule has 1 aromatic carbocycles. The lowest BCUT2D eigenvalue weighted by atomic mass is 10.1. The molecule has 0 spiro atoms. The molecule has 0 bridgehead atoms. The van der Waals surface area contributed by atoms with Crippen LogP contribution in [0.1, 0.15) is 19.3 Å². The summed E-state index contributed by atoms with van der Waals surface area (Å²) in [7, 11) is -3.24. The second-order valence-corrected chi connectivity index (χ2v) is 6.89. The maximum atomic E-state index is 11.9. The first-order valence-corrected chi connectivity index (χ1v) is 8.59. The molecule has 105 valence electrons. The van der Waals surface area contributed by atoms with Crippen LogP contribution >= 0.6 is 0 Å². The zero-order chi connectivity index (χ0) is 13.7. The van der Waals surface area contributed by atoms with Gasteiger partial charge in [-0.3, -0.25) is 4.31 Å². The van der Waals surface area contributed by atoms with Gasteiger partial charge in [0.15, 0.2) is 0 Å². The van der Waals surface area contributed by atoms with Crippen LogP contribution in [-0.4, -0.2) is 45.8 Å². The van der Waals surface area contributed by atoms with Crippen LogP contribution in [0.3, 0.4) is 0 Å². The zero-order valence-electron chi connectivity index (χ0n) is 11.4. The van der Waals surface area contributed by atoms with Crippen LogP contribution in [0, 0.1) is 6.07 Å². The second-order valence-electron chi connectivity index (χ2n) is 4.99. The molecule has 2 rings (SSSR count). The fourth-order valence-electron chi connectivity index (χ4n) is 2.42. The average molecular weight is 281 g/mol. The molecule has 0 saturated carbocycles. The van der Waals surface area contributed by atoms with E-state index in [1.165, 1.54) is 29.8 Å². The predicted molar refractivity (Wildman–Crippen MR) is 77.8 cm³/mol. The van der Waals surface area contributed by atoms with Gasteiger partial charge in [-0.25, -0.2) is 8.42 Å². The molecule has 1 aliphatic rings. The van der Waals surface area contributed by atoms with Gasteiger partial charge in [0.05, 0.1) is 11.9 Å². The van der Waals surface area contributed by atoms with E-state index in [0.717, 1.165) is 19.6 Å². The second kappa shape index (κ2) is 6.39. The van der Waals surface area contributed by atoms with Gasteiger partial charge in [0.2, 0.25) is 10.0 Å². The maximum Gasteiger partial charge on any atom is 0.232 e. The van der Waals surface area contributed by atoms with E-state index in [1.807, 2.05) is 12.1 Å². The monoisotopic (exact) mass is 281 g/mol. The highest BCUT2D eigenvalue weighted by Gasteiger charge is 2.19. The van der Waals surface area contributed by atoms with E-state index in [4.69, 9.17) is 0 Å². The highest BCUT2D eigenvalue weighted by molar-refractivity contribution is 7.92. The number of hydrogen-bond acceptors (Lipinski definition) is 3. The van der Waals surface area contributed by atoms with Gasteiger partial charge in [-0.2, -0.15) is 0 Å². The number of likely N-dealkylation sites (tertiary alicyclic amines) is 1. The van der Waals surface area contributed by atoms with Crippen molar-refractivity contribution in [2.24, 2.45) is 0 Å². The number of para-hydroxylation sites is 1. The van der Waals surface area contributed by atoms with Gasteiger partial charge < -0.3 is 4.90 Å². The summed E-state index contributed by atoms with van der Waals surface area (Å²) < 4.78 is 25.2. The molecule has 0 amide bonds. The molecule has 1 heterocycles. The first kappa shape index (κ1) is 14.3. The first-order valence-electron chi connectivity index (χ1n) is 6.74. The van der Waals surface area contributed by atoms with Crippen LogP contribution in [0.25, 0.3) is 0 Å². The molecule has 0 aromatic heterocycles. The molecule has 1 saturated heterocycles. The quantitative estimate of drug-likeness (QED) is 0.825. The Morgan fingerprint density at radius 1 is 1.26 bits per heavy atom. The van der Waals surface area contributed by atoms with E-state index < -0.39 is 10.0 Å². The molecule has 1 aromatic rings. The van der Waals surface area contributed by atoms with Crippen LogP contribution in [0.5, 0.6) is 0 Å². The number of sulfonamides is 1. The summed E-state index contributed by atoms with van der Waals surface area (Å²) in [6.07, 6.45) is 4.98. The predicted octanol–water partition coefficient (Wildman–Crippen LogP) is 1.74. The Labute approximate surface area is 116 Å². The molecule has 5 heteroatoms. The summed E-state index contributed by atoms with van der Waals surface area (Å²) in [5, 5.41) is 0. The van der Waals surface area contributed by atoms with E-state index in [1.54, 1.807) is 12.1 Å². The number of piperidine rings is 1. The minimum atomic E-state index is -3.24. The molecule has 4 nitrogen and oxygen atoms in total. The SMILES string of the molecule is CS(=O)(=O)N(CCN1CCCCC1)c1[c]cccc1. The van der Waals surface area contributed by atoms with E-state index in [9.17, 15) is 8.42 Å². The van der Waals surface area contributed by atoms with Crippen molar-refractivity contribution in [3.8, 4) is 0 Å². The Morgan fingerprint density at radius 2 is 2.00 bits per heavy atom. The van der Waals surface area contributed by atoms with E-state index in [-0.39, 0.29) is 0 Å². The van der Waals surface area contributed by atoms with Crippen LogP contribution in [0.15, 0.2) is 24.3 Å². The van der Waals surface area contributed by atoms with E-state index >= 15 is 0 Å². The van der Waals surface area contributed by atoms with Crippen LogP contribution in [0.2, 0.25) is 0 Å². The smallest absolute Gasteiger partial charge is 0.232 e. The minimum absolute atomic E-state index is 0.499. The molecule has 0 N–H and O–H groups in total.